The maximum atomic E-state index is 11.8. The Morgan fingerprint density at radius 1 is 1.31 bits per heavy atom. The number of imide groups is 1. The zero-order valence-corrected chi connectivity index (χ0v) is 9.83. The fraction of sp³-hybridized carbons (Fsp3) is 0.800. The first-order chi connectivity index (χ1) is 7.60. The predicted molar refractivity (Wildman–Crippen MR) is 56.7 cm³/mol. The van der Waals surface area contributed by atoms with Gasteiger partial charge in [0.25, 0.3) is 5.91 Å². The lowest BCUT2D eigenvalue weighted by Crippen LogP contribution is -2.57. The molecule has 3 amide bonds. The van der Waals surface area contributed by atoms with E-state index < -0.39 is 17.9 Å². The maximum Gasteiger partial charge on any atom is 0.322 e. The van der Waals surface area contributed by atoms with Crippen LogP contribution in [-0.4, -0.2) is 38.0 Å². The Balaban J connectivity index is 2.91. The number of carbonyl (C=O) groups is 2. The van der Waals surface area contributed by atoms with Crippen LogP contribution in [0.2, 0.25) is 0 Å². The number of rotatable bonds is 6. The van der Waals surface area contributed by atoms with Crippen molar-refractivity contribution in [2.75, 3.05) is 14.2 Å². The number of methoxy groups -OCH3 is 2. The van der Waals surface area contributed by atoms with Crippen molar-refractivity contribution < 1.29 is 19.1 Å². The summed E-state index contributed by atoms with van der Waals surface area (Å²) < 4.78 is 10.2. The van der Waals surface area contributed by atoms with Crippen molar-refractivity contribution in [1.29, 1.82) is 0 Å². The molecule has 0 bridgehead atoms. The van der Waals surface area contributed by atoms with Gasteiger partial charge >= 0.3 is 6.03 Å². The van der Waals surface area contributed by atoms with Crippen LogP contribution >= 0.6 is 0 Å². The van der Waals surface area contributed by atoms with Gasteiger partial charge in [0.1, 0.15) is 0 Å². The van der Waals surface area contributed by atoms with Crippen molar-refractivity contribution in [3.63, 3.8) is 0 Å². The number of unbranched alkanes of at least 4 members (excludes halogenated alkanes) is 1. The first kappa shape index (κ1) is 12.9. The average Bonchev–Trinajstić information content (AvgIpc) is 2.54. The predicted octanol–water partition coefficient (Wildman–Crippen LogP) is 0.374. The summed E-state index contributed by atoms with van der Waals surface area (Å²) in [6.07, 6.45) is 1.44. The molecule has 0 radical (unpaired) electrons. The van der Waals surface area contributed by atoms with Crippen molar-refractivity contribution in [2.45, 2.75) is 38.0 Å². The number of carbonyl (C=O) groups excluding carboxylic acids is 2. The van der Waals surface area contributed by atoms with E-state index in [2.05, 4.69) is 10.6 Å². The minimum absolute atomic E-state index is 0.389. The molecule has 2 N–H and O–H groups in total. The average molecular weight is 230 g/mol. The first-order valence-electron chi connectivity index (χ1n) is 5.30. The molecule has 6 nitrogen and oxygen atoms in total. The second kappa shape index (κ2) is 5.27. The van der Waals surface area contributed by atoms with Crippen molar-refractivity contribution in [3.05, 3.63) is 0 Å². The zero-order chi connectivity index (χ0) is 12.2. The number of hydrogen-bond donors (Lipinski definition) is 2. The largest absolute Gasteiger partial charge is 0.353 e. The van der Waals surface area contributed by atoms with Gasteiger partial charge in [0.15, 0.2) is 11.8 Å². The normalized spacial score (nSPS) is 24.8. The van der Waals surface area contributed by atoms with E-state index in [0.29, 0.717) is 6.42 Å². The molecule has 0 saturated carbocycles. The van der Waals surface area contributed by atoms with E-state index in [1.165, 1.54) is 14.2 Å². The summed E-state index contributed by atoms with van der Waals surface area (Å²) in [4.78, 5) is 23.0. The Hall–Kier alpha value is -1.14. The van der Waals surface area contributed by atoms with E-state index in [4.69, 9.17) is 9.47 Å². The Kier molecular flexibility index (Phi) is 4.26. The third-order valence-electron chi connectivity index (χ3n) is 2.72. The molecule has 0 aromatic heterocycles. The second-order valence-electron chi connectivity index (χ2n) is 3.79. The van der Waals surface area contributed by atoms with Crippen molar-refractivity contribution >= 4 is 11.9 Å². The van der Waals surface area contributed by atoms with E-state index in [9.17, 15) is 9.59 Å². The van der Waals surface area contributed by atoms with Crippen LogP contribution < -0.4 is 10.6 Å². The molecule has 1 heterocycles. The Morgan fingerprint density at radius 3 is 2.31 bits per heavy atom. The topological polar surface area (TPSA) is 76.7 Å². The van der Waals surface area contributed by atoms with Gasteiger partial charge in [0.2, 0.25) is 0 Å². The third kappa shape index (κ3) is 2.17. The van der Waals surface area contributed by atoms with Gasteiger partial charge in [-0.2, -0.15) is 0 Å². The first-order valence-corrected chi connectivity index (χ1v) is 5.30. The summed E-state index contributed by atoms with van der Waals surface area (Å²) in [7, 11) is 2.89. The highest BCUT2D eigenvalue weighted by Gasteiger charge is 2.52. The summed E-state index contributed by atoms with van der Waals surface area (Å²) in [5, 5.41) is 4.82. The van der Waals surface area contributed by atoms with Crippen LogP contribution in [0.5, 0.6) is 0 Å². The summed E-state index contributed by atoms with van der Waals surface area (Å²) in [5.74, 6) is -0.389. The Labute approximate surface area is 94.7 Å². The molecule has 0 aliphatic carbocycles. The molecule has 6 heteroatoms. The van der Waals surface area contributed by atoms with Crippen molar-refractivity contribution in [3.8, 4) is 0 Å². The molecule has 1 unspecified atom stereocenters. The van der Waals surface area contributed by atoms with Crippen LogP contribution in [0.25, 0.3) is 0 Å². The van der Waals surface area contributed by atoms with Gasteiger partial charge in [-0.15, -0.1) is 0 Å². The highest BCUT2D eigenvalue weighted by Crippen LogP contribution is 2.25. The summed E-state index contributed by atoms with van der Waals surface area (Å²) >= 11 is 0. The monoisotopic (exact) mass is 230 g/mol. The third-order valence-corrected chi connectivity index (χ3v) is 2.72. The minimum atomic E-state index is -1.10. The summed E-state index contributed by atoms with van der Waals surface area (Å²) in [6, 6.07) is -0.500. The number of amides is 3. The SMILES string of the molecule is CCCCC1(C(OC)OC)NC(=O)NC1=O. The van der Waals surface area contributed by atoms with Gasteiger partial charge in [-0.05, 0) is 6.42 Å². The highest BCUT2D eigenvalue weighted by atomic mass is 16.7. The van der Waals surface area contributed by atoms with Gasteiger partial charge in [-0.25, -0.2) is 4.79 Å². The highest BCUT2D eigenvalue weighted by molar-refractivity contribution is 6.07. The Morgan fingerprint density at radius 2 is 1.94 bits per heavy atom. The van der Waals surface area contributed by atoms with E-state index in [-0.39, 0.29) is 5.91 Å². The molecule has 1 fully saturated rings. The van der Waals surface area contributed by atoms with Crippen LogP contribution in [0.3, 0.4) is 0 Å². The summed E-state index contributed by atoms with van der Waals surface area (Å²) in [6.45, 7) is 2.01. The number of hydrogen-bond acceptors (Lipinski definition) is 4. The fourth-order valence-electron chi connectivity index (χ4n) is 1.92. The van der Waals surface area contributed by atoms with Crippen molar-refractivity contribution in [2.24, 2.45) is 0 Å². The Bertz CT molecular complexity index is 278. The zero-order valence-electron chi connectivity index (χ0n) is 9.83. The van der Waals surface area contributed by atoms with Crippen LogP contribution in [0.4, 0.5) is 4.79 Å². The van der Waals surface area contributed by atoms with Gasteiger partial charge in [-0.1, -0.05) is 19.8 Å². The summed E-state index contributed by atoms with van der Waals surface area (Å²) in [5.41, 5.74) is -1.10. The lowest BCUT2D eigenvalue weighted by Gasteiger charge is -2.32. The van der Waals surface area contributed by atoms with Gasteiger partial charge in [0.05, 0.1) is 0 Å². The van der Waals surface area contributed by atoms with Gasteiger partial charge < -0.3 is 14.8 Å². The lowest BCUT2D eigenvalue weighted by atomic mass is 9.92. The molecule has 16 heavy (non-hydrogen) atoms. The smallest absolute Gasteiger partial charge is 0.322 e. The van der Waals surface area contributed by atoms with E-state index in [1.54, 1.807) is 0 Å². The van der Waals surface area contributed by atoms with Crippen LogP contribution in [0.15, 0.2) is 0 Å². The van der Waals surface area contributed by atoms with E-state index >= 15 is 0 Å². The molecular weight excluding hydrogens is 212 g/mol. The molecule has 0 aromatic carbocycles. The molecule has 1 saturated heterocycles. The number of urea groups is 1. The maximum absolute atomic E-state index is 11.8. The van der Waals surface area contributed by atoms with Crippen molar-refractivity contribution in [1.82, 2.24) is 10.6 Å². The van der Waals surface area contributed by atoms with Gasteiger partial charge in [0, 0.05) is 14.2 Å². The molecule has 1 aliphatic rings. The second-order valence-corrected chi connectivity index (χ2v) is 3.79. The van der Waals surface area contributed by atoms with E-state index in [0.717, 1.165) is 12.8 Å². The lowest BCUT2D eigenvalue weighted by molar-refractivity contribution is -0.165. The molecule has 0 aromatic rings. The van der Waals surface area contributed by atoms with Crippen LogP contribution in [0.1, 0.15) is 26.2 Å². The fourth-order valence-corrected chi connectivity index (χ4v) is 1.92. The van der Waals surface area contributed by atoms with Crippen LogP contribution in [0, 0.1) is 0 Å². The molecule has 1 aliphatic heterocycles. The molecular formula is C10H18N2O4. The van der Waals surface area contributed by atoms with Crippen LogP contribution in [-0.2, 0) is 14.3 Å². The molecule has 1 atom stereocenters. The standard InChI is InChI=1S/C10H18N2O4/c1-4-5-6-10(8(15-2)16-3)7(13)11-9(14)12-10/h8H,4-6H2,1-3H3,(H2,11,12,13,14). The number of ether oxygens (including phenoxy) is 2. The number of nitrogens with one attached hydrogen (secondary N) is 2. The van der Waals surface area contributed by atoms with Gasteiger partial charge in [-0.3, -0.25) is 10.1 Å². The minimum Gasteiger partial charge on any atom is -0.353 e. The van der Waals surface area contributed by atoms with E-state index in [1.807, 2.05) is 6.92 Å². The molecule has 92 valence electrons. The quantitative estimate of drug-likeness (QED) is 0.510. The molecule has 1 rings (SSSR count). The molecule has 0 spiro atoms.